The van der Waals surface area contributed by atoms with E-state index in [4.69, 9.17) is 5.73 Å². The van der Waals surface area contributed by atoms with Gasteiger partial charge < -0.3 is 5.73 Å². The summed E-state index contributed by atoms with van der Waals surface area (Å²) in [5, 5.41) is 0. The van der Waals surface area contributed by atoms with Crippen LogP contribution >= 0.6 is 0 Å². The molecule has 1 heteroatoms. The zero-order valence-corrected chi connectivity index (χ0v) is 14.4. The number of hydrogen-bond donors (Lipinski definition) is 1. The van der Waals surface area contributed by atoms with Gasteiger partial charge in [0.15, 0.2) is 0 Å². The van der Waals surface area contributed by atoms with E-state index in [1.165, 1.54) is 83.5 Å². The molecule has 0 aliphatic heterocycles. The van der Waals surface area contributed by atoms with Crippen molar-refractivity contribution in [1.82, 2.24) is 0 Å². The van der Waals surface area contributed by atoms with E-state index < -0.39 is 0 Å². The van der Waals surface area contributed by atoms with E-state index in [-0.39, 0.29) is 5.54 Å². The summed E-state index contributed by atoms with van der Waals surface area (Å²) >= 11 is 0. The first-order valence-electron chi connectivity index (χ1n) is 9.36. The summed E-state index contributed by atoms with van der Waals surface area (Å²) in [6, 6.07) is 0. The van der Waals surface area contributed by atoms with E-state index in [2.05, 4.69) is 20.8 Å². The van der Waals surface area contributed by atoms with Gasteiger partial charge in [0.2, 0.25) is 0 Å². The number of rotatable bonds is 10. The number of unbranched alkanes of at least 4 members (excludes halogenated alkanes) is 7. The Morgan fingerprint density at radius 1 is 1.00 bits per heavy atom. The summed E-state index contributed by atoms with van der Waals surface area (Å²) in [6.45, 7) is 7.02. The van der Waals surface area contributed by atoms with Crippen LogP contribution in [0.5, 0.6) is 0 Å². The van der Waals surface area contributed by atoms with Gasteiger partial charge in [-0.05, 0) is 31.1 Å². The second kappa shape index (κ2) is 9.82. The smallest absolute Gasteiger partial charge is 0.0157 e. The molecule has 2 atom stereocenters. The van der Waals surface area contributed by atoms with Crippen LogP contribution in [0.25, 0.3) is 0 Å². The van der Waals surface area contributed by atoms with E-state index in [0.29, 0.717) is 0 Å². The molecule has 0 bridgehead atoms. The molecule has 0 heterocycles. The van der Waals surface area contributed by atoms with Gasteiger partial charge in [-0.15, -0.1) is 0 Å². The van der Waals surface area contributed by atoms with E-state index in [1.807, 2.05) is 0 Å². The molecule has 0 spiro atoms. The van der Waals surface area contributed by atoms with Crippen LogP contribution in [-0.2, 0) is 0 Å². The Hall–Kier alpha value is -0.0400. The molecular formula is C19H39N. The number of nitrogens with two attached hydrogens (primary N) is 1. The fourth-order valence-electron chi connectivity index (χ4n) is 3.85. The highest BCUT2D eigenvalue weighted by molar-refractivity contribution is 4.91. The van der Waals surface area contributed by atoms with Gasteiger partial charge in [0.05, 0.1) is 0 Å². The van der Waals surface area contributed by atoms with Crippen LogP contribution in [0.4, 0.5) is 0 Å². The lowest BCUT2D eigenvalue weighted by Crippen LogP contribution is -2.45. The van der Waals surface area contributed by atoms with Crippen molar-refractivity contribution in [3.8, 4) is 0 Å². The van der Waals surface area contributed by atoms with Gasteiger partial charge in [0.25, 0.3) is 0 Å². The summed E-state index contributed by atoms with van der Waals surface area (Å²) in [5.41, 5.74) is 6.84. The predicted molar refractivity (Wildman–Crippen MR) is 90.9 cm³/mol. The summed E-state index contributed by atoms with van der Waals surface area (Å²) in [4.78, 5) is 0. The molecule has 0 saturated heterocycles. The van der Waals surface area contributed by atoms with Crippen molar-refractivity contribution in [2.45, 2.75) is 110 Å². The van der Waals surface area contributed by atoms with E-state index in [0.717, 1.165) is 11.8 Å². The van der Waals surface area contributed by atoms with Crippen molar-refractivity contribution in [2.24, 2.45) is 17.6 Å². The maximum atomic E-state index is 6.67. The molecule has 0 radical (unpaired) electrons. The van der Waals surface area contributed by atoms with E-state index in [9.17, 15) is 0 Å². The molecule has 1 aliphatic rings. The van der Waals surface area contributed by atoms with Gasteiger partial charge in [-0.3, -0.25) is 0 Å². The largest absolute Gasteiger partial charge is 0.325 e. The molecule has 1 nitrogen and oxygen atoms in total. The first-order valence-corrected chi connectivity index (χ1v) is 9.36. The monoisotopic (exact) mass is 281 g/mol. The Labute approximate surface area is 128 Å². The van der Waals surface area contributed by atoms with Crippen LogP contribution in [-0.4, -0.2) is 5.54 Å². The van der Waals surface area contributed by atoms with Gasteiger partial charge in [0.1, 0.15) is 0 Å². The van der Waals surface area contributed by atoms with Crippen molar-refractivity contribution >= 4 is 0 Å². The van der Waals surface area contributed by atoms with Crippen molar-refractivity contribution in [3.05, 3.63) is 0 Å². The van der Waals surface area contributed by atoms with Crippen LogP contribution in [0.1, 0.15) is 104 Å². The molecular weight excluding hydrogens is 242 g/mol. The highest BCUT2D eigenvalue weighted by Crippen LogP contribution is 2.37. The van der Waals surface area contributed by atoms with Gasteiger partial charge in [-0.1, -0.05) is 85.0 Å². The van der Waals surface area contributed by atoms with Gasteiger partial charge >= 0.3 is 0 Å². The molecule has 0 aromatic heterocycles. The lowest BCUT2D eigenvalue weighted by molar-refractivity contribution is 0.171. The summed E-state index contributed by atoms with van der Waals surface area (Å²) in [6.07, 6.45) is 17.9. The minimum atomic E-state index is 0.176. The summed E-state index contributed by atoms with van der Waals surface area (Å²) in [7, 11) is 0. The first-order chi connectivity index (χ1) is 9.57. The zero-order valence-electron chi connectivity index (χ0n) is 14.4. The van der Waals surface area contributed by atoms with Gasteiger partial charge in [-0.25, -0.2) is 0 Å². The van der Waals surface area contributed by atoms with Crippen molar-refractivity contribution in [3.63, 3.8) is 0 Å². The third-order valence-corrected chi connectivity index (χ3v) is 5.39. The topological polar surface area (TPSA) is 26.0 Å². The molecule has 0 aromatic carbocycles. The fraction of sp³-hybridized carbons (Fsp3) is 1.00. The van der Waals surface area contributed by atoms with Crippen LogP contribution in [0.2, 0.25) is 0 Å². The Balaban J connectivity index is 2.08. The Morgan fingerprint density at radius 2 is 1.60 bits per heavy atom. The van der Waals surface area contributed by atoms with Crippen LogP contribution in [0, 0.1) is 11.8 Å². The average Bonchev–Trinajstić information content (AvgIpc) is 2.42. The van der Waals surface area contributed by atoms with Crippen LogP contribution in [0.3, 0.4) is 0 Å². The second-order valence-corrected chi connectivity index (χ2v) is 7.69. The van der Waals surface area contributed by atoms with E-state index in [1.54, 1.807) is 0 Å². The summed E-state index contributed by atoms with van der Waals surface area (Å²) < 4.78 is 0. The lowest BCUT2D eigenvalue weighted by atomic mass is 9.70. The third kappa shape index (κ3) is 7.11. The maximum absolute atomic E-state index is 6.67. The molecule has 0 amide bonds. The maximum Gasteiger partial charge on any atom is 0.0157 e. The normalized spacial score (nSPS) is 27.1. The lowest BCUT2D eigenvalue weighted by Gasteiger charge is -2.40. The molecule has 0 aromatic rings. The fourth-order valence-corrected chi connectivity index (χ4v) is 3.85. The first kappa shape index (κ1) is 18.0. The molecule has 120 valence electrons. The molecule has 1 aliphatic carbocycles. The van der Waals surface area contributed by atoms with E-state index >= 15 is 0 Å². The van der Waals surface area contributed by atoms with Gasteiger partial charge in [0, 0.05) is 5.54 Å². The van der Waals surface area contributed by atoms with Crippen molar-refractivity contribution < 1.29 is 0 Å². The quantitative estimate of drug-likeness (QED) is 0.484. The van der Waals surface area contributed by atoms with Crippen LogP contribution < -0.4 is 5.73 Å². The molecule has 1 rings (SSSR count). The molecule has 1 saturated carbocycles. The molecule has 2 N–H and O–H groups in total. The SMILES string of the molecule is CCCCCCCCCCC1(N)CCCC(C(C)C)C1. The molecule has 2 unspecified atom stereocenters. The van der Waals surface area contributed by atoms with Gasteiger partial charge in [-0.2, -0.15) is 0 Å². The third-order valence-electron chi connectivity index (χ3n) is 5.39. The highest BCUT2D eigenvalue weighted by Gasteiger charge is 2.33. The highest BCUT2D eigenvalue weighted by atomic mass is 14.7. The zero-order chi connectivity index (χ0) is 14.8. The Kier molecular flexibility index (Phi) is 8.84. The van der Waals surface area contributed by atoms with Crippen molar-refractivity contribution in [1.29, 1.82) is 0 Å². The minimum absolute atomic E-state index is 0.176. The molecule has 20 heavy (non-hydrogen) atoms. The van der Waals surface area contributed by atoms with Crippen molar-refractivity contribution in [2.75, 3.05) is 0 Å². The Bertz CT molecular complexity index is 236. The van der Waals surface area contributed by atoms with Crippen LogP contribution in [0.15, 0.2) is 0 Å². The standard InChI is InChI=1S/C19H39N/c1-4-5-6-7-8-9-10-11-14-19(20)15-12-13-18(16-19)17(2)3/h17-18H,4-16,20H2,1-3H3. The predicted octanol–water partition coefficient (Wildman–Crippen LogP) is 6.06. The second-order valence-electron chi connectivity index (χ2n) is 7.69. The molecule has 1 fully saturated rings. The minimum Gasteiger partial charge on any atom is -0.325 e. The average molecular weight is 282 g/mol. The summed E-state index contributed by atoms with van der Waals surface area (Å²) in [5.74, 6) is 1.69. The number of hydrogen-bond acceptors (Lipinski definition) is 1. The Morgan fingerprint density at radius 3 is 2.20 bits per heavy atom.